The van der Waals surface area contributed by atoms with Gasteiger partial charge in [-0.3, -0.25) is 0 Å². The number of anilines is 1. The third-order valence-electron chi connectivity index (χ3n) is 1.42. The van der Waals surface area contributed by atoms with Gasteiger partial charge < -0.3 is 15.0 Å². The van der Waals surface area contributed by atoms with Crippen molar-refractivity contribution in [2.45, 2.75) is 0 Å². The summed E-state index contributed by atoms with van der Waals surface area (Å²) in [6.07, 6.45) is 0. The number of rotatable bonds is 3. The van der Waals surface area contributed by atoms with Crippen LogP contribution in [0.25, 0.3) is 0 Å². The topological polar surface area (TPSA) is 107 Å². The van der Waals surface area contributed by atoms with Crippen LogP contribution in [-0.4, -0.2) is 19.5 Å². The summed E-state index contributed by atoms with van der Waals surface area (Å²) < 4.78 is 36.3. The molecule has 0 aliphatic carbocycles. The largest absolute Gasteiger partial charge is 0.488 e. The van der Waals surface area contributed by atoms with Crippen LogP contribution in [0, 0.1) is 0 Å². The summed E-state index contributed by atoms with van der Waals surface area (Å²) in [5.74, 6) is -2.10. The summed E-state index contributed by atoms with van der Waals surface area (Å²) in [6, 6.07) is 3.10. The number of nitrogen functional groups attached to an aromatic ring is 1. The Morgan fingerprint density at radius 1 is 1.47 bits per heavy atom. The summed E-state index contributed by atoms with van der Waals surface area (Å²) in [4.78, 5) is 10.6. The molecule has 0 saturated heterocycles. The second kappa shape index (κ2) is 3.73. The van der Waals surface area contributed by atoms with E-state index in [-0.39, 0.29) is 5.69 Å². The van der Waals surface area contributed by atoms with Crippen molar-refractivity contribution in [3.63, 3.8) is 0 Å². The molecule has 0 heterocycles. The maximum atomic E-state index is 12.1. The number of carbonyl (C=O) groups is 1. The Labute approximate surface area is 84.5 Å². The molecular formula is C7H6FNO5S. The summed E-state index contributed by atoms with van der Waals surface area (Å²) in [7, 11) is -5.25. The molecule has 0 radical (unpaired) electrons. The molecule has 0 amide bonds. The van der Waals surface area contributed by atoms with E-state index in [4.69, 9.17) is 10.8 Å². The first-order valence-electron chi connectivity index (χ1n) is 3.56. The van der Waals surface area contributed by atoms with Crippen molar-refractivity contribution in [3.8, 4) is 5.75 Å². The molecule has 0 aliphatic heterocycles. The van der Waals surface area contributed by atoms with Crippen molar-refractivity contribution in [2.24, 2.45) is 0 Å². The molecule has 0 atom stereocenters. The van der Waals surface area contributed by atoms with Gasteiger partial charge in [-0.15, -0.1) is 0 Å². The third kappa shape index (κ3) is 3.09. The predicted octanol–water partition coefficient (Wildman–Crippen LogP) is 0.560. The van der Waals surface area contributed by atoms with E-state index < -0.39 is 27.8 Å². The lowest BCUT2D eigenvalue weighted by molar-refractivity contribution is 0.0695. The Kier molecular flexibility index (Phi) is 2.80. The molecule has 1 aromatic carbocycles. The third-order valence-corrected chi connectivity index (χ3v) is 1.80. The van der Waals surface area contributed by atoms with Gasteiger partial charge in [-0.2, -0.15) is 8.42 Å². The number of hydrogen-bond donors (Lipinski definition) is 2. The minimum absolute atomic E-state index is 0.0935. The number of halogens is 1. The van der Waals surface area contributed by atoms with Gasteiger partial charge in [0.2, 0.25) is 0 Å². The van der Waals surface area contributed by atoms with Crippen molar-refractivity contribution in [2.75, 3.05) is 5.73 Å². The van der Waals surface area contributed by atoms with Gasteiger partial charge in [0.25, 0.3) is 0 Å². The van der Waals surface area contributed by atoms with Crippen molar-refractivity contribution in [1.82, 2.24) is 0 Å². The Balaban J connectivity index is 3.24. The second-order valence-electron chi connectivity index (χ2n) is 2.54. The fraction of sp³-hybridized carbons (Fsp3) is 0. The predicted molar refractivity (Wildman–Crippen MR) is 48.5 cm³/mol. The van der Waals surface area contributed by atoms with Gasteiger partial charge in [-0.1, -0.05) is 3.89 Å². The van der Waals surface area contributed by atoms with Crippen molar-refractivity contribution < 1.29 is 26.4 Å². The maximum absolute atomic E-state index is 12.1. The standard InChI is InChI=1S/C7H6FNO5S/c8-15(12,13)14-6-2-1-4(9)3-5(6)7(10)11/h1-3H,9H2,(H,10,11). The first kappa shape index (κ1) is 11.2. The van der Waals surface area contributed by atoms with Gasteiger partial charge >= 0.3 is 16.5 Å². The van der Waals surface area contributed by atoms with E-state index in [0.29, 0.717) is 0 Å². The number of benzene rings is 1. The van der Waals surface area contributed by atoms with Gasteiger partial charge in [0, 0.05) is 5.69 Å². The van der Waals surface area contributed by atoms with E-state index in [2.05, 4.69) is 4.18 Å². The van der Waals surface area contributed by atoms with Crippen LogP contribution in [-0.2, 0) is 10.5 Å². The Hall–Kier alpha value is -1.83. The summed E-state index contributed by atoms with van der Waals surface area (Å²) in [5, 5.41) is 8.63. The average Bonchev–Trinajstić information content (AvgIpc) is 2.05. The molecule has 8 heteroatoms. The van der Waals surface area contributed by atoms with Crippen molar-refractivity contribution >= 4 is 22.2 Å². The van der Waals surface area contributed by atoms with Gasteiger partial charge in [-0.05, 0) is 18.2 Å². The van der Waals surface area contributed by atoms with Crippen molar-refractivity contribution in [3.05, 3.63) is 23.8 Å². The summed E-state index contributed by atoms with van der Waals surface area (Å²) in [6.45, 7) is 0. The fourth-order valence-electron chi connectivity index (χ4n) is 0.895. The van der Waals surface area contributed by atoms with Gasteiger partial charge in [0.15, 0.2) is 5.75 Å². The molecule has 15 heavy (non-hydrogen) atoms. The summed E-state index contributed by atoms with van der Waals surface area (Å²) >= 11 is 0. The van der Waals surface area contributed by atoms with Crippen LogP contribution in [0.2, 0.25) is 0 Å². The van der Waals surface area contributed by atoms with Crippen LogP contribution in [0.3, 0.4) is 0 Å². The zero-order valence-corrected chi connectivity index (χ0v) is 7.99. The monoisotopic (exact) mass is 235 g/mol. The highest BCUT2D eigenvalue weighted by atomic mass is 32.3. The Morgan fingerprint density at radius 3 is 2.53 bits per heavy atom. The minimum atomic E-state index is -5.25. The zero-order valence-electron chi connectivity index (χ0n) is 7.18. The number of aromatic carboxylic acids is 1. The van der Waals surface area contributed by atoms with E-state index in [0.717, 1.165) is 12.1 Å². The van der Waals surface area contributed by atoms with Crippen LogP contribution >= 0.6 is 0 Å². The lowest BCUT2D eigenvalue weighted by Gasteiger charge is -2.04. The fourth-order valence-corrected chi connectivity index (χ4v) is 1.25. The highest BCUT2D eigenvalue weighted by molar-refractivity contribution is 7.81. The maximum Gasteiger partial charge on any atom is 0.488 e. The van der Waals surface area contributed by atoms with Gasteiger partial charge in [-0.25, -0.2) is 4.79 Å². The average molecular weight is 235 g/mol. The van der Waals surface area contributed by atoms with Crippen LogP contribution in [0.5, 0.6) is 5.75 Å². The molecule has 0 fully saturated rings. The normalized spacial score (nSPS) is 11.0. The van der Waals surface area contributed by atoms with Gasteiger partial charge in [0.05, 0.1) is 0 Å². The Bertz CT molecular complexity index is 498. The Morgan fingerprint density at radius 2 is 2.07 bits per heavy atom. The molecular weight excluding hydrogens is 229 g/mol. The van der Waals surface area contributed by atoms with E-state index >= 15 is 0 Å². The lowest BCUT2D eigenvalue weighted by atomic mass is 10.2. The molecule has 0 bridgehead atoms. The van der Waals surface area contributed by atoms with E-state index in [1.54, 1.807) is 0 Å². The van der Waals surface area contributed by atoms with Gasteiger partial charge in [0.1, 0.15) is 5.56 Å². The van der Waals surface area contributed by atoms with E-state index in [1.807, 2.05) is 0 Å². The van der Waals surface area contributed by atoms with Crippen LogP contribution in [0.15, 0.2) is 18.2 Å². The zero-order chi connectivity index (χ0) is 11.6. The second-order valence-corrected chi connectivity index (χ2v) is 3.49. The highest BCUT2D eigenvalue weighted by Crippen LogP contribution is 2.23. The van der Waals surface area contributed by atoms with Crippen LogP contribution in [0.4, 0.5) is 9.57 Å². The highest BCUT2D eigenvalue weighted by Gasteiger charge is 2.17. The number of carboxylic acids is 1. The molecule has 3 N–H and O–H groups in total. The van der Waals surface area contributed by atoms with E-state index in [1.165, 1.54) is 6.07 Å². The quantitative estimate of drug-likeness (QED) is 0.585. The molecule has 0 saturated carbocycles. The van der Waals surface area contributed by atoms with E-state index in [9.17, 15) is 17.1 Å². The molecule has 1 aromatic rings. The summed E-state index contributed by atoms with van der Waals surface area (Å²) in [5.41, 5.74) is 4.83. The molecule has 1 rings (SSSR count). The first-order valence-corrected chi connectivity index (χ1v) is 4.87. The lowest BCUT2D eigenvalue weighted by Crippen LogP contribution is -2.07. The number of nitrogens with two attached hydrogens (primary N) is 1. The molecule has 6 nitrogen and oxygen atoms in total. The molecule has 0 aromatic heterocycles. The molecule has 0 spiro atoms. The van der Waals surface area contributed by atoms with Crippen molar-refractivity contribution in [1.29, 1.82) is 0 Å². The number of hydrogen-bond acceptors (Lipinski definition) is 5. The molecule has 0 aliphatic rings. The first-order chi connectivity index (χ1) is 6.79. The van der Waals surface area contributed by atoms with Crippen LogP contribution < -0.4 is 9.92 Å². The SMILES string of the molecule is Nc1ccc(OS(=O)(=O)F)c(C(=O)O)c1. The minimum Gasteiger partial charge on any atom is -0.478 e. The molecule has 82 valence electrons. The van der Waals surface area contributed by atoms with Crippen LogP contribution in [0.1, 0.15) is 10.4 Å². The smallest absolute Gasteiger partial charge is 0.478 e. The molecule has 0 unspecified atom stereocenters. The number of carboxylic acid groups (broad SMARTS) is 1.